The van der Waals surface area contributed by atoms with E-state index < -0.39 is 0 Å². The minimum absolute atomic E-state index is 0. The van der Waals surface area contributed by atoms with E-state index in [9.17, 15) is 4.79 Å². The molecular weight excluding hydrogens is 236 g/mol. The zero-order valence-electron chi connectivity index (χ0n) is 11.3. The van der Waals surface area contributed by atoms with Gasteiger partial charge >= 0.3 is 0 Å². The molecule has 2 atom stereocenters. The highest BCUT2D eigenvalue weighted by Gasteiger charge is 2.21. The van der Waals surface area contributed by atoms with Crippen molar-refractivity contribution < 1.29 is 4.79 Å². The molecule has 102 valence electrons. The number of hydrogen-bond acceptors (Lipinski definition) is 2. The van der Waals surface area contributed by atoms with E-state index in [2.05, 4.69) is 24.5 Å². The number of likely N-dealkylation sites (N-methyl/N-ethyl adjacent to an activating group) is 1. The normalized spacial score (nSPS) is 19.5. The molecule has 0 aliphatic heterocycles. The van der Waals surface area contributed by atoms with Crippen LogP contribution in [0.1, 0.15) is 46.0 Å². The first kappa shape index (κ1) is 16.7. The second-order valence-electron chi connectivity index (χ2n) is 5.22. The summed E-state index contributed by atoms with van der Waals surface area (Å²) in [5, 5.41) is 6.12. The number of amides is 1. The Kier molecular flexibility index (Phi) is 8.61. The Morgan fingerprint density at radius 2 is 1.88 bits per heavy atom. The lowest BCUT2D eigenvalue weighted by atomic mass is 9.94. The summed E-state index contributed by atoms with van der Waals surface area (Å²) >= 11 is 0. The van der Waals surface area contributed by atoms with Crippen LogP contribution in [-0.4, -0.2) is 25.5 Å². The quantitative estimate of drug-likeness (QED) is 0.772. The minimum Gasteiger partial charge on any atom is -0.354 e. The van der Waals surface area contributed by atoms with Gasteiger partial charge in [-0.05, 0) is 26.3 Å². The van der Waals surface area contributed by atoms with Crippen LogP contribution in [-0.2, 0) is 4.79 Å². The zero-order valence-corrected chi connectivity index (χ0v) is 12.1. The van der Waals surface area contributed by atoms with Crippen molar-refractivity contribution >= 4 is 18.3 Å². The summed E-state index contributed by atoms with van der Waals surface area (Å²) in [5.41, 5.74) is 0. The molecular formula is C13H27ClN2O. The third-order valence-corrected chi connectivity index (χ3v) is 3.68. The first-order valence-electron chi connectivity index (χ1n) is 6.58. The van der Waals surface area contributed by atoms with Crippen molar-refractivity contribution in [3.8, 4) is 0 Å². The van der Waals surface area contributed by atoms with Gasteiger partial charge in [-0.25, -0.2) is 0 Å². The van der Waals surface area contributed by atoms with Gasteiger partial charge < -0.3 is 10.6 Å². The highest BCUT2D eigenvalue weighted by Crippen LogP contribution is 2.30. The summed E-state index contributed by atoms with van der Waals surface area (Å²) in [6, 6.07) is 0.350. The lowest BCUT2D eigenvalue weighted by Crippen LogP contribution is -2.39. The van der Waals surface area contributed by atoms with Crippen LogP contribution < -0.4 is 10.6 Å². The second-order valence-corrected chi connectivity index (χ2v) is 5.22. The van der Waals surface area contributed by atoms with Crippen molar-refractivity contribution in [1.82, 2.24) is 10.6 Å². The largest absolute Gasteiger partial charge is 0.354 e. The predicted octanol–water partition coefficient (Wildman–Crippen LogP) is 2.35. The fourth-order valence-electron chi connectivity index (χ4n) is 2.38. The molecule has 0 saturated heterocycles. The maximum atomic E-state index is 11.8. The molecule has 0 bridgehead atoms. The molecule has 1 aliphatic rings. The second kappa shape index (κ2) is 8.76. The van der Waals surface area contributed by atoms with E-state index >= 15 is 0 Å². The van der Waals surface area contributed by atoms with Crippen LogP contribution in [0.25, 0.3) is 0 Å². The Morgan fingerprint density at radius 1 is 1.29 bits per heavy atom. The van der Waals surface area contributed by atoms with E-state index in [1.165, 1.54) is 25.7 Å². The topological polar surface area (TPSA) is 41.1 Å². The van der Waals surface area contributed by atoms with Crippen molar-refractivity contribution in [3.05, 3.63) is 0 Å². The van der Waals surface area contributed by atoms with Crippen molar-refractivity contribution in [3.63, 3.8) is 0 Å². The van der Waals surface area contributed by atoms with Crippen LogP contribution in [0.3, 0.4) is 0 Å². The molecule has 3 nitrogen and oxygen atoms in total. The smallest absolute Gasteiger partial charge is 0.222 e. The molecule has 0 aromatic carbocycles. The molecule has 0 heterocycles. The summed E-state index contributed by atoms with van der Waals surface area (Å²) in [7, 11) is 1.92. The highest BCUT2D eigenvalue weighted by molar-refractivity contribution is 5.85. The fraction of sp³-hybridized carbons (Fsp3) is 0.923. The maximum absolute atomic E-state index is 11.8. The lowest BCUT2D eigenvalue weighted by Gasteiger charge is -2.17. The van der Waals surface area contributed by atoms with Crippen molar-refractivity contribution in [2.75, 3.05) is 13.6 Å². The number of nitrogens with one attached hydrogen (secondary N) is 2. The van der Waals surface area contributed by atoms with Gasteiger partial charge in [0.1, 0.15) is 0 Å². The molecule has 0 aromatic heterocycles. The van der Waals surface area contributed by atoms with Crippen molar-refractivity contribution in [1.29, 1.82) is 0 Å². The van der Waals surface area contributed by atoms with Crippen LogP contribution in [0, 0.1) is 11.8 Å². The van der Waals surface area contributed by atoms with E-state index in [-0.39, 0.29) is 24.2 Å². The van der Waals surface area contributed by atoms with Gasteiger partial charge in [0, 0.05) is 18.5 Å². The average molecular weight is 263 g/mol. The minimum atomic E-state index is 0. The van der Waals surface area contributed by atoms with E-state index in [4.69, 9.17) is 0 Å². The number of carbonyl (C=O) groups excluding carboxylic acids is 1. The van der Waals surface area contributed by atoms with Gasteiger partial charge in [-0.1, -0.05) is 32.6 Å². The molecule has 2 unspecified atom stereocenters. The third kappa shape index (κ3) is 6.27. The van der Waals surface area contributed by atoms with Crippen LogP contribution in [0.2, 0.25) is 0 Å². The van der Waals surface area contributed by atoms with Crippen LogP contribution in [0.4, 0.5) is 0 Å². The highest BCUT2D eigenvalue weighted by atomic mass is 35.5. The van der Waals surface area contributed by atoms with E-state index in [1.807, 2.05) is 7.05 Å². The molecule has 1 rings (SSSR count). The Hall–Kier alpha value is -0.280. The number of rotatable bonds is 6. The van der Waals surface area contributed by atoms with Crippen molar-refractivity contribution in [2.45, 2.75) is 52.0 Å². The van der Waals surface area contributed by atoms with E-state index in [1.54, 1.807) is 0 Å². The standard InChI is InChI=1S/C13H26N2O.ClH/c1-10(8-12-6-4-5-7-12)13(16)15-9-11(2)14-3;/h10-12,14H,4-9H2,1-3H3,(H,15,16);1H. The molecule has 1 saturated carbocycles. The molecule has 0 radical (unpaired) electrons. The molecule has 4 heteroatoms. The molecule has 17 heavy (non-hydrogen) atoms. The maximum Gasteiger partial charge on any atom is 0.222 e. The number of halogens is 1. The summed E-state index contributed by atoms with van der Waals surface area (Å²) in [6.45, 7) is 4.85. The van der Waals surface area contributed by atoms with Gasteiger partial charge in [-0.15, -0.1) is 12.4 Å². The Balaban J connectivity index is 0.00000256. The van der Waals surface area contributed by atoms with E-state index in [0.717, 1.165) is 18.9 Å². The Bertz CT molecular complexity index is 217. The molecule has 1 fully saturated rings. The van der Waals surface area contributed by atoms with Gasteiger partial charge in [0.15, 0.2) is 0 Å². The monoisotopic (exact) mass is 262 g/mol. The summed E-state index contributed by atoms with van der Waals surface area (Å²) in [5.74, 6) is 1.18. The average Bonchev–Trinajstić information content (AvgIpc) is 2.77. The third-order valence-electron chi connectivity index (χ3n) is 3.68. The van der Waals surface area contributed by atoms with Crippen LogP contribution >= 0.6 is 12.4 Å². The summed E-state index contributed by atoms with van der Waals surface area (Å²) in [4.78, 5) is 11.8. The van der Waals surface area contributed by atoms with Crippen LogP contribution in [0.5, 0.6) is 0 Å². The van der Waals surface area contributed by atoms with Gasteiger partial charge in [0.2, 0.25) is 5.91 Å². The van der Waals surface area contributed by atoms with Gasteiger partial charge in [-0.2, -0.15) is 0 Å². The Labute approximate surface area is 112 Å². The lowest BCUT2D eigenvalue weighted by molar-refractivity contribution is -0.125. The summed E-state index contributed by atoms with van der Waals surface area (Å²) in [6.07, 6.45) is 6.43. The van der Waals surface area contributed by atoms with Crippen LogP contribution in [0.15, 0.2) is 0 Å². The van der Waals surface area contributed by atoms with Crippen molar-refractivity contribution in [2.24, 2.45) is 11.8 Å². The SMILES string of the molecule is CNC(C)CNC(=O)C(C)CC1CCCC1.Cl. The van der Waals surface area contributed by atoms with Gasteiger partial charge in [-0.3, -0.25) is 4.79 Å². The zero-order chi connectivity index (χ0) is 12.0. The number of carbonyl (C=O) groups is 1. The molecule has 1 aliphatic carbocycles. The first-order valence-corrected chi connectivity index (χ1v) is 6.58. The molecule has 0 spiro atoms. The number of hydrogen-bond donors (Lipinski definition) is 2. The Morgan fingerprint density at radius 3 is 2.41 bits per heavy atom. The van der Waals surface area contributed by atoms with E-state index in [0.29, 0.717) is 6.04 Å². The molecule has 2 N–H and O–H groups in total. The molecule has 1 amide bonds. The predicted molar refractivity (Wildman–Crippen MR) is 74.5 cm³/mol. The molecule has 0 aromatic rings. The summed E-state index contributed by atoms with van der Waals surface area (Å²) < 4.78 is 0. The van der Waals surface area contributed by atoms with Gasteiger partial charge in [0.05, 0.1) is 0 Å². The first-order chi connectivity index (χ1) is 7.63. The fourth-order valence-corrected chi connectivity index (χ4v) is 2.38. The van der Waals surface area contributed by atoms with Gasteiger partial charge in [0.25, 0.3) is 0 Å².